The molecule has 0 bridgehead atoms. The summed E-state index contributed by atoms with van der Waals surface area (Å²) in [6.45, 7) is 4.03. The molecule has 4 aromatic rings. The van der Waals surface area contributed by atoms with E-state index < -0.39 is 5.03 Å². The highest BCUT2D eigenvalue weighted by Crippen LogP contribution is 2.26. The maximum absolute atomic E-state index is 13.2. The smallest absolute Gasteiger partial charge is 0.352 e. The van der Waals surface area contributed by atoms with Crippen molar-refractivity contribution in [2.45, 2.75) is 32.4 Å². The molecule has 0 atom stereocenters. The molecular weight excluding hydrogens is 813 g/mol. The zero-order valence-corrected chi connectivity index (χ0v) is 34.8. The summed E-state index contributed by atoms with van der Waals surface area (Å²) in [5.74, 6) is 57.1. The predicted octanol–water partition coefficient (Wildman–Crippen LogP) is 4.78. The summed E-state index contributed by atoms with van der Waals surface area (Å²) in [5, 5.41) is 24.3. The summed E-state index contributed by atoms with van der Waals surface area (Å²) in [4.78, 5) is 36.3. The van der Waals surface area contributed by atoms with Gasteiger partial charge in [0.1, 0.15) is 22.9 Å². The van der Waals surface area contributed by atoms with Crippen molar-refractivity contribution in [1.82, 2.24) is 34.6 Å². The van der Waals surface area contributed by atoms with Crippen LogP contribution in [0.3, 0.4) is 0 Å². The van der Waals surface area contributed by atoms with E-state index in [1.54, 1.807) is 18.6 Å². The lowest BCUT2D eigenvalue weighted by atomic mass is 10.0. The number of aromatic nitrogens is 5. The van der Waals surface area contributed by atoms with Gasteiger partial charge in [0.25, 0.3) is 0 Å². The second-order valence-corrected chi connectivity index (χ2v) is 12.0. The lowest BCUT2D eigenvalue weighted by molar-refractivity contribution is -0.546. The third-order valence-corrected chi connectivity index (χ3v) is 7.95. The van der Waals surface area contributed by atoms with E-state index in [2.05, 4.69) is 191 Å². The number of terminal acetylenes is 1. The summed E-state index contributed by atoms with van der Waals surface area (Å²) in [7, 11) is 5.92. The number of methoxy groups -OCH3 is 1. The van der Waals surface area contributed by atoms with Crippen molar-refractivity contribution in [3.05, 3.63) is 69.0 Å². The number of hydrazine groups is 1. The molecule has 64 heavy (non-hydrogen) atoms. The van der Waals surface area contributed by atoms with E-state index in [4.69, 9.17) is 16.1 Å². The Bertz CT molecular complexity index is 3190. The van der Waals surface area contributed by atoms with Crippen LogP contribution in [0.5, 0.6) is 5.75 Å². The Kier molecular flexibility index (Phi) is 21.4. The number of fused-ring (bicyclic) bond motifs is 3. The van der Waals surface area contributed by atoms with Crippen LogP contribution in [0.1, 0.15) is 41.0 Å². The second-order valence-electron chi connectivity index (χ2n) is 12.0. The fraction of sp³-hybridized carbons (Fsp3) is 0.217. The topological polar surface area (TPSA) is 211 Å². The zero-order chi connectivity index (χ0) is 46.2. The minimum absolute atomic E-state index is 0. The minimum atomic E-state index is -0.907. The average molecular weight is 869 g/mol. The maximum Gasteiger partial charge on any atom is 0.352 e. The Hall–Kier alpha value is -10.1. The molecule has 0 unspecified atom stereocenters. The maximum atomic E-state index is 13.2. The SMILES string of the molecule is C#CC#CC#CC#CC#CC#CC#CC#CC#CC#CC#CC.COc1ccc(Cn2c(=O)n3ncnc3c3cc(N4CCC(N(C)C)CC4)cnc32)cc1.NN=NN=NN[N+](=O)[O-].[HH].[HH].[HH].[HH].[HH].[HH].[HH].[HH].[HH].[HH].[HH]. The molecule has 1 saturated heterocycles. The molecule has 0 spiro atoms. The van der Waals surface area contributed by atoms with Crippen LogP contribution in [0.15, 0.2) is 68.5 Å². The molecule has 0 saturated carbocycles. The summed E-state index contributed by atoms with van der Waals surface area (Å²) >= 11 is 0. The molecule has 1 fully saturated rings. The number of nitrogens with two attached hydrogens (primary N) is 1. The number of nitrogens with one attached hydrogen (secondary N) is 1. The number of nitrogens with zero attached hydrogens (tertiary/aromatic N) is 12. The normalized spacial score (nSPS) is 10.5. The Morgan fingerprint density at radius 3 is 1.91 bits per heavy atom. The van der Waals surface area contributed by atoms with Crippen LogP contribution < -0.4 is 26.7 Å². The molecule has 1 aliphatic heterocycles. The van der Waals surface area contributed by atoms with Crippen LogP contribution in [-0.2, 0) is 6.54 Å². The molecule has 18 nitrogen and oxygen atoms in total. The van der Waals surface area contributed by atoms with Crippen LogP contribution >= 0.6 is 0 Å². The quantitative estimate of drug-likeness (QED) is 0.0809. The number of piperidine rings is 1. The Morgan fingerprint density at radius 1 is 0.875 bits per heavy atom. The van der Waals surface area contributed by atoms with E-state index in [1.165, 1.54) is 16.4 Å². The van der Waals surface area contributed by atoms with Gasteiger partial charge in [-0.1, -0.05) is 23.3 Å². The highest BCUT2D eigenvalue weighted by atomic mass is 16.7. The fourth-order valence-electron chi connectivity index (χ4n) is 5.20. The van der Waals surface area contributed by atoms with Crippen LogP contribution in [0.2, 0.25) is 0 Å². The zero-order valence-electron chi connectivity index (χ0n) is 34.8. The standard InChI is InChI=1S/C23H27N7O2.C23H4.H3N7O2.11H2/c1-27(2)17-8-10-28(11-9-17)18-12-20-21(24-13-18)29(23(31)30-22(20)25-15-26-30)14-16-4-6-19(32-3)7-5-16;1-3-5-7-9-11-13-15-17-19-21-23-22-20-18-16-14-12-10-8-6-4-2;1-2-3-4-5-6-7(8)9;;;;;;;;;;;/h4-7,12-13,15,17H,8-11,14H2,1-3H3;1H,2H3;(H2,1,3,5)(H,2,4,6);11*1H. The van der Waals surface area contributed by atoms with Crippen LogP contribution in [0.4, 0.5) is 5.69 Å². The van der Waals surface area contributed by atoms with Gasteiger partial charge in [-0.25, -0.2) is 14.8 Å². The molecule has 3 N–H and O–H groups in total. The Labute approximate surface area is 385 Å². The molecular formula is C46H56N14O4. The summed E-state index contributed by atoms with van der Waals surface area (Å²) in [5.41, 5.74) is 4.27. The van der Waals surface area contributed by atoms with Gasteiger partial charge < -0.3 is 30.5 Å². The van der Waals surface area contributed by atoms with Gasteiger partial charge in [0, 0.05) is 69.3 Å². The van der Waals surface area contributed by atoms with E-state index in [-0.39, 0.29) is 21.4 Å². The highest BCUT2D eigenvalue weighted by molar-refractivity contribution is 5.91. The van der Waals surface area contributed by atoms with E-state index in [0.29, 0.717) is 23.9 Å². The number of hydrogen-bond acceptors (Lipinski definition) is 11. The van der Waals surface area contributed by atoms with E-state index >= 15 is 0 Å². The fourth-order valence-corrected chi connectivity index (χ4v) is 5.20. The monoisotopic (exact) mass is 868 g/mol. The molecule has 1 aliphatic rings. The van der Waals surface area contributed by atoms with Crippen molar-refractivity contribution in [2.24, 2.45) is 26.7 Å². The predicted molar refractivity (Wildman–Crippen MR) is 263 cm³/mol. The third kappa shape index (κ3) is 17.0. The van der Waals surface area contributed by atoms with Gasteiger partial charge in [0.05, 0.1) is 36.0 Å². The number of ether oxygens (including phenoxy) is 1. The number of hydrogen-bond donors (Lipinski definition) is 2. The lowest BCUT2D eigenvalue weighted by Gasteiger charge is -2.36. The summed E-state index contributed by atoms with van der Waals surface area (Å²) < 4.78 is 8.25. The van der Waals surface area contributed by atoms with Crippen LogP contribution in [0.25, 0.3) is 16.7 Å². The van der Waals surface area contributed by atoms with Gasteiger partial charge in [-0.3, -0.25) is 4.57 Å². The van der Waals surface area contributed by atoms with E-state index in [9.17, 15) is 14.9 Å². The Morgan fingerprint density at radius 2 is 1.42 bits per heavy atom. The minimum Gasteiger partial charge on any atom is -0.497 e. The molecule has 0 amide bonds. The Balaban J connectivity index is -0.000000130. The van der Waals surface area contributed by atoms with Crippen LogP contribution in [0, 0.1) is 141 Å². The molecule has 3 aromatic heterocycles. The van der Waals surface area contributed by atoms with Gasteiger partial charge in [0.15, 0.2) is 10.9 Å². The van der Waals surface area contributed by atoms with Gasteiger partial charge in [-0.2, -0.15) is 9.61 Å². The molecule has 1 aromatic carbocycles. The number of pyridine rings is 1. The van der Waals surface area contributed by atoms with Crippen molar-refractivity contribution in [3.63, 3.8) is 0 Å². The highest BCUT2D eigenvalue weighted by Gasteiger charge is 2.22. The molecule has 4 heterocycles. The van der Waals surface area contributed by atoms with Crippen molar-refractivity contribution < 1.29 is 25.5 Å². The second kappa shape index (κ2) is 28.3. The summed E-state index contributed by atoms with van der Waals surface area (Å²) in [6, 6.07) is 10.4. The van der Waals surface area contributed by atoms with Gasteiger partial charge in [-0.05, 0) is 152 Å². The van der Waals surface area contributed by atoms with E-state index in [0.717, 1.165) is 48.3 Å². The third-order valence-electron chi connectivity index (χ3n) is 7.95. The van der Waals surface area contributed by atoms with Crippen molar-refractivity contribution >= 4 is 22.4 Å². The van der Waals surface area contributed by atoms with Crippen molar-refractivity contribution in [1.29, 1.82) is 0 Å². The number of rotatable bonds is 8. The first-order valence-corrected chi connectivity index (χ1v) is 18.3. The number of nitro groups is 1. The van der Waals surface area contributed by atoms with Gasteiger partial charge >= 0.3 is 5.69 Å². The van der Waals surface area contributed by atoms with Gasteiger partial charge in [-0.15, -0.1) is 6.42 Å². The van der Waals surface area contributed by atoms with Crippen molar-refractivity contribution in [3.8, 4) is 137 Å². The lowest BCUT2D eigenvalue weighted by Crippen LogP contribution is -2.42. The molecule has 334 valence electrons. The number of anilines is 1. The first-order chi connectivity index (χ1) is 31.2. The molecule has 0 aliphatic carbocycles. The molecule has 5 rings (SSSR count). The first kappa shape index (κ1) is 48.3. The molecule has 0 radical (unpaired) electrons. The number of benzene rings is 1. The summed E-state index contributed by atoms with van der Waals surface area (Å²) in [6.07, 6.45) is 10.4. The molecule has 18 heteroatoms. The van der Waals surface area contributed by atoms with Crippen LogP contribution in [-0.4, -0.2) is 74.4 Å². The largest absolute Gasteiger partial charge is 0.497 e. The van der Waals surface area contributed by atoms with Crippen molar-refractivity contribution in [2.75, 3.05) is 39.2 Å². The first-order valence-electron chi connectivity index (χ1n) is 18.3. The van der Waals surface area contributed by atoms with Gasteiger partial charge in [0.2, 0.25) is 0 Å². The average Bonchev–Trinajstić information content (AvgIpc) is 3.81. The van der Waals surface area contributed by atoms with E-state index in [1.807, 2.05) is 30.5 Å².